The Balaban J connectivity index is 0.000000673. The number of alkyl halides is 3. The molecule has 1 aliphatic heterocycles. The van der Waals surface area contributed by atoms with Crippen LogP contribution in [0.3, 0.4) is 0 Å². The summed E-state index contributed by atoms with van der Waals surface area (Å²) >= 11 is 0. The molecule has 39 heavy (non-hydrogen) atoms. The van der Waals surface area contributed by atoms with Gasteiger partial charge in [0.15, 0.2) is 0 Å². The number of carbonyl (C=O) groups is 3. The van der Waals surface area contributed by atoms with Gasteiger partial charge in [0.05, 0.1) is 17.4 Å². The zero-order valence-electron chi connectivity index (χ0n) is 21.3. The summed E-state index contributed by atoms with van der Waals surface area (Å²) in [7, 11) is -2.13. The molecule has 0 aromatic heterocycles. The van der Waals surface area contributed by atoms with Crippen molar-refractivity contribution in [1.82, 2.24) is 10.2 Å². The minimum absolute atomic E-state index is 0.0691. The van der Waals surface area contributed by atoms with E-state index in [0.29, 0.717) is 37.5 Å². The number of nitrogens with one attached hydrogen (secondary N) is 2. The number of aryl methyl sites for hydroxylation is 1. The first-order valence-electron chi connectivity index (χ1n) is 11.8. The molecule has 0 spiro atoms. The fourth-order valence-corrected chi connectivity index (χ4v) is 4.65. The molecule has 1 unspecified atom stereocenters. The fraction of sp³-hybridized carbons (Fsp3) is 0.400. The van der Waals surface area contributed by atoms with Crippen LogP contribution < -0.4 is 10.0 Å². The van der Waals surface area contributed by atoms with Gasteiger partial charge in [0, 0.05) is 38.0 Å². The SMILES string of the molecule is COCCNC(=O)C1CCCN(C(=O)c2ccc(NS(=O)(=O)c3ccc(C)cc3)cc2)C1.O=C(O)C(F)(F)F. The number of sulfonamides is 1. The predicted octanol–water partition coefficient (Wildman–Crippen LogP) is 3.04. The minimum atomic E-state index is -5.08. The maximum atomic E-state index is 12.9. The first-order valence-corrected chi connectivity index (χ1v) is 13.3. The van der Waals surface area contributed by atoms with Crippen LogP contribution in [-0.2, 0) is 24.3 Å². The fourth-order valence-electron chi connectivity index (χ4n) is 3.59. The van der Waals surface area contributed by atoms with E-state index in [1.165, 1.54) is 0 Å². The standard InChI is InChI=1S/C23H29N3O5S.C2HF3O2/c1-17-5-11-21(12-6-17)32(29,30)25-20-9-7-18(8-10-20)23(28)26-14-3-4-19(16-26)22(27)24-13-15-31-2;3-2(4,5)1(6)7/h5-12,19,25H,3-4,13-16H2,1-2H3,(H,24,27);(H,6,7). The highest BCUT2D eigenvalue weighted by atomic mass is 32.2. The summed E-state index contributed by atoms with van der Waals surface area (Å²) in [5.41, 5.74) is 1.79. The van der Waals surface area contributed by atoms with E-state index in [1.54, 1.807) is 60.5 Å². The van der Waals surface area contributed by atoms with E-state index in [1.807, 2.05) is 6.92 Å². The number of carboxylic acids is 1. The second-order valence-corrected chi connectivity index (χ2v) is 10.4. The van der Waals surface area contributed by atoms with E-state index in [2.05, 4.69) is 10.0 Å². The number of carbonyl (C=O) groups excluding carboxylic acids is 2. The van der Waals surface area contributed by atoms with Gasteiger partial charge in [0.1, 0.15) is 0 Å². The van der Waals surface area contributed by atoms with Crippen molar-refractivity contribution in [3.05, 3.63) is 59.7 Å². The Morgan fingerprint density at radius 3 is 2.21 bits per heavy atom. The topological polar surface area (TPSA) is 142 Å². The van der Waals surface area contributed by atoms with Crippen LogP contribution in [0.25, 0.3) is 0 Å². The molecule has 1 atom stereocenters. The average Bonchev–Trinajstić information content (AvgIpc) is 2.89. The maximum Gasteiger partial charge on any atom is 0.490 e. The van der Waals surface area contributed by atoms with Crippen molar-refractivity contribution in [1.29, 1.82) is 0 Å². The maximum absolute atomic E-state index is 12.9. The molecule has 0 radical (unpaired) electrons. The van der Waals surface area contributed by atoms with Crippen LogP contribution in [0.4, 0.5) is 18.9 Å². The molecule has 3 rings (SSSR count). The van der Waals surface area contributed by atoms with Crippen molar-refractivity contribution in [3.8, 4) is 0 Å². The number of hydrogen-bond acceptors (Lipinski definition) is 6. The number of ether oxygens (including phenoxy) is 1. The zero-order valence-corrected chi connectivity index (χ0v) is 22.1. The van der Waals surface area contributed by atoms with Crippen molar-refractivity contribution in [2.75, 3.05) is 38.1 Å². The van der Waals surface area contributed by atoms with E-state index in [0.717, 1.165) is 18.4 Å². The van der Waals surface area contributed by atoms with Crippen molar-refractivity contribution in [2.24, 2.45) is 5.92 Å². The lowest BCUT2D eigenvalue weighted by Gasteiger charge is -2.32. The minimum Gasteiger partial charge on any atom is -0.475 e. The van der Waals surface area contributed by atoms with Gasteiger partial charge in [-0.25, -0.2) is 13.2 Å². The number of piperidine rings is 1. The quantitative estimate of drug-likeness (QED) is 0.412. The van der Waals surface area contributed by atoms with Crippen LogP contribution in [0.5, 0.6) is 0 Å². The van der Waals surface area contributed by atoms with Crippen LogP contribution in [-0.4, -0.2) is 75.7 Å². The molecule has 14 heteroatoms. The summed E-state index contributed by atoms with van der Waals surface area (Å²) in [4.78, 5) is 36.0. The van der Waals surface area contributed by atoms with E-state index in [9.17, 15) is 31.2 Å². The van der Waals surface area contributed by atoms with Crippen molar-refractivity contribution in [2.45, 2.75) is 30.8 Å². The largest absolute Gasteiger partial charge is 0.490 e. The molecule has 214 valence electrons. The monoisotopic (exact) mass is 573 g/mol. The van der Waals surface area contributed by atoms with E-state index in [-0.39, 0.29) is 22.6 Å². The summed E-state index contributed by atoms with van der Waals surface area (Å²) in [6, 6.07) is 12.9. The van der Waals surface area contributed by atoms with Gasteiger partial charge in [-0.3, -0.25) is 14.3 Å². The van der Waals surface area contributed by atoms with Crippen LogP contribution in [0, 0.1) is 12.8 Å². The van der Waals surface area contributed by atoms with E-state index >= 15 is 0 Å². The Hall–Kier alpha value is -3.65. The third-order valence-corrected chi connectivity index (χ3v) is 7.04. The molecule has 10 nitrogen and oxygen atoms in total. The number of anilines is 1. The number of rotatable bonds is 8. The third kappa shape index (κ3) is 9.87. The Morgan fingerprint density at radius 1 is 1.08 bits per heavy atom. The van der Waals surface area contributed by atoms with Crippen LogP contribution in [0.1, 0.15) is 28.8 Å². The number of hydrogen-bond donors (Lipinski definition) is 3. The highest BCUT2D eigenvalue weighted by Crippen LogP contribution is 2.21. The summed E-state index contributed by atoms with van der Waals surface area (Å²) in [5, 5.41) is 9.96. The molecule has 0 aliphatic carbocycles. The third-order valence-electron chi connectivity index (χ3n) is 5.64. The summed E-state index contributed by atoms with van der Waals surface area (Å²) < 4.78 is 64.3. The van der Waals surface area contributed by atoms with Crippen molar-refractivity contribution >= 4 is 33.5 Å². The summed E-state index contributed by atoms with van der Waals surface area (Å²) in [6.07, 6.45) is -3.59. The highest BCUT2D eigenvalue weighted by Gasteiger charge is 2.38. The average molecular weight is 574 g/mol. The number of amides is 2. The van der Waals surface area contributed by atoms with Gasteiger partial charge < -0.3 is 20.1 Å². The van der Waals surface area contributed by atoms with E-state index < -0.39 is 22.2 Å². The number of methoxy groups -OCH3 is 1. The Morgan fingerprint density at radius 2 is 1.67 bits per heavy atom. The van der Waals surface area contributed by atoms with Crippen molar-refractivity contribution in [3.63, 3.8) is 0 Å². The lowest BCUT2D eigenvalue weighted by atomic mass is 9.96. The molecule has 1 fully saturated rings. The lowest BCUT2D eigenvalue weighted by molar-refractivity contribution is -0.192. The second kappa shape index (κ2) is 13.9. The van der Waals surface area contributed by atoms with Gasteiger partial charge >= 0.3 is 12.1 Å². The van der Waals surface area contributed by atoms with Gasteiger partial charge in [-0.2, -0.15) is 13.2 Å². The summed E-state index contributed by atoms with van der Waals surface area (Å²) in [5.74, 6) is -3.25. The lowest BCUT2D eigenvalue weighted by Crippen LogP contribution is -2.45. The summed E-state index contributed by atoms with van der Waals surface area (Å²) in [6.45, 7) is 3.72. The van der Waals surface area contributed by atoms with Gasteiger partial charge in [-0.05, 0) is 56.2 Å². The number of aliphatic carboxylic acids is 1. The van der Waals surface area contributed by atoms with Gasteiger partial charge in [0.2, 0.25) is 5.91 Å². The predicted molar refractivity (Wildman–Crippen MR) is 136 cm³/mol. The highest BCUT2D eigenvalue weighted by molar-refractivity contribution is 7.92. The van der Waals surface area contributed by atoms with Gasteiger partial charge in [-0.15, -0.1) is 0 Å². The number of nitrogens with zero attached hydrogens (tertiary/aromatic N) is 1. The molecule has 1 aliphatic rings. The molecular formula is C25H30F3N3O7S. The molecule has 0 saturated carbocycles. The first-order chi connectivity index (χ1) is 18.2. The van der Waals surface area contributed by atoms with Crippen LogP contribution in [0.15, 0.2) is 53.4 Å². The number of carboxylic acid groups (broad SMARTS) is 1. The van der Waals surface area contributed by atoms with Gasteiger partial charge in [-0.1, -0.05) is 17.7 Å². The van der Waals surface area contributed by atoms with E-state index in [4.69, 9.17) is 14.6 Å². The van der Waals surface area contributed by atoms with Crippen molar-refractivity contribution < 1.29 is 45.8 Å². The zero-order chi connectivity index (χ0) is 29.2. The molecule has 0 bridgehead atoms. The molecule has 1 saturated heterocycles. The molecule has 2 amide bonds. The first kappa shape index (κ1) is 31.6. The Kier molecular flexibility index (Phi) is 11.3. The molecule has 1 heterocycles. The van der Waals surface area contributed by atoms with Crippen LogP contribution >= 0.6 is 0 Å². The van der Waals surface area contributed by atoms with Crippen LogP contribution in [0.2, 0.25) is 0 Å². The Labute approximate surface area is 224 Å². The normalized spacial score (nSPS) is 15.5. The molecule has 2 aromatic rings. The van der Waals surface area contributed by atoms with Gasteiger partial charge in [0.25, 0.3) is 15.9 Å². The second-order valence-electron chi connectivity index (χ2n) is 8.67. The Bertz CT molecular complexity index is 1240. The number of halogens is 3. The number of likely N-dealkylation sites (tertiary alicyclic amines) is 1. The number of benzene rings is 2. The molecular weight excluding hydrogens is 543 g/mol. The molecule has 2 aromatic carbocycles. The smallest absolute Gasteiger partial charge is 0.475 e. The molecule has 3 N–H and O–H groups in total.